The number of aliphatic hydroxyl groups is 1. The molecule has 0 radical (unpaired) electrons. The zero-order valence-corrected chi connectivity index (χ0v) is 22.2. The van der Waals surface area contributed by atoms with Gasteiger partial charge in [-0.3, -0.25) is 14.5 Å². The van der Waals surface area contributed by atoms with Gasteiger partial charge in [0.25, 0.3) is 5.78 Å². The first kappa shape index (κ1) is 25.5. The summed E-state index contributed by atoms with van der Waals surface area (Å²) < 4.78 is 6.68. The summed E-state index contributed by atoms with van der Waals surface area (Å²) in [6.07, 6.45) is 1.87. The summed E-state index contributed by atoms with van der Waals surface area (Å²) in [5, 5.41) is 22.0. The second-order valence-corrected chi connectivity index (χ2v) is 10.4. The van der Waals surface area contributed by atoms with E-state index in [2.05, 4.69) is 6.92 Å². The molecule has 3 aromatic carbocycles. The Morgan fingerprint density at radius 2 is 1.87 bits per heavy atom. The van der Waals surface area contributed by atoms with Gasteiger partial charge < -0.3 is 14.9 Å². The van der Waals surface area contributed by atoms with E-state index in [9.17, 15) is 19.8 Å². The van der Waals surface area contributed by atoms with E-state index in [1.54, 1.807) is 36.4 Å². The number of ketones is 1. The third-order valence-electron chi connectivity index (χ3n) is 6.53. The summed E-state index contributed by atoms with van der Waals surface area (Å²) in [7, 11) is 0. The van der Waals surface area contributed by atoms with Crippen molar-refractivity contribution in [3.8, 4) is 11.5 Å². The van der Waals surface area contributed by atoms with Gasteiger partial charge in [0.05, 0.1) is 28.4 Å². The smallest absolute Gasteiger partial charge is 0.301 e. The number of hydrogen-bond acceptors (Lipinski definition) is 7. The number of aryl methyl sites for hydroxylation is 2. The number of carbonyl (C=O) groups is 2. The molecule has 38 heavy (non-hydrogen) atoms. The molecule has 7 nitrogen and oxygen atoms in total. The Balaban J connectivity index is 1.67. The molecule has 1 saturated heterocycles. The van der Waals surface area contributed by atoms with Gasteiger partial charge in [-0.1, -0.05) is 55.0 Å². The van der Waals surface area contributed by atoms with E-state index in [4.69, 9.17) is 9.72 Å². The second-order valence-electron chi connectivity index (χ2n) is 9.42. The number of aliphatic hydroxyl groups excluding tert-OH is 1. The van der Waals surface area contributed by atoms with Crippen LogP contribution in [0.5, 0.6) is 11.5 Å². The SMILES string of the molecule is CCCCOc1cccc(C(O)=C2C(=O)C(=O)N(c3nc4c(C)cc(C)cc4s3)C2c2cccc(O)c2)c1. The molecule has 1 atom stereocenters. The average molecular weight is 529 g/mol. The minimum atomic E-state index is -0.978. The number of phenolic OH excluding ortho intramolecular Hbond substituents is 1. The van der Waals surface area contributed by atoms with Gasteiger partial charge in [-0.2, -0.15) is 0 Å². The van der Waals surface area contributed by atoms with Gasteiger partial charge in [-0.25, -0.2) is 4.98 Å². The van der Waals surface area contributed by atoms with Crippen molar-refractivity contribution in [2.24, 2.45) is 0 Å². The van der Waals surface area contributed by atoms with Crippen LogP contribution in [-0.4, -0.2) is 33.5 Å². The Kier molecular flexibility index (Phi) is 6.91. The number of rotatable bonds is 7. The van der Waals surface area contributed by atoms with Crippen molar-refractivity contribution in [1.29, 1.82) is 0 Å². The zero-order valence-electron chi connectivity index (χ0n) is 21.4. The number of amides is 1. The summed E-state index contributed by atoms with van der Waals surface area (Å²) >= 11 is 1.31. The number of ether oxygens (including phenoxy) is 1. The first-order valence-electron chi connectivity index (χ1n) is 12.5. The van der Waals surface area contributed by atoms with Gasteiger partial charge in [-0.05, 0) is 67.3 Å². The van der Waals surface area contributed by atoms with Crippen LogP contribution in [0.25, 0.3) is 16.0 Å². The Labute approximate surface area is 224 Å². The van der Waals surface area contributed by atoms with Crippen LogP contribution in [0.2, 0.25) is 0 Å². The number of anilines is 1. The monoisotopic (exact) mass is 528 g/mol. The predicted molar refractivity (Wildman–Crippen MR) is 149 cm³/mol. The van der Waals surface area contributed by atoms with Crippen LogP contribution in [0.15, 0.2) is 66.2 Å². The number of thiazole rings is 1. The highest BCUT2D eigenvalue weighted by atomic mass is 32.1. The van der Waals surface area contributed by atoms with E-state index in [-0.39, 0.29) is 17.1 Å². The Hall–Kier alpha value is -4.17. The maximum Gasteiger partial charge on any atom is 0.301 e. The maximum atomic E-state index is 13.5. The van der Waals surface area contributed by atoms with E-state index in [1.807, 2.05) is 26.0 Å². The van der Waals surface area contributed by atoms with Crippen molar-refractivity contribution in [2.75, 3.05) is 11.5 Å². The van der Waals surface area contributed by atoms with Crippen LogP contribution in [0.1, 0.15) is 48.1 Å². The lowest BCUT2D eigenvalue weighted by atomic mass is 9.95. The third kappa shape index (κ3) is 4.63. The van der Waals surface area contributed by atoms with Crippen LogP contribution in [-0.2, 0) is 9.59 Å². The zero-order chi connectivity index (χ0) is 27.0. The van der Waals surface area contributed by atoms with Gasteiger partial charge in [0, 0.05) is 5.56 Å². The van der Waals surface area contributed by atoms with Crippen molar-refractivity contribution >= 4 is 44.1 Å². The molecule has 1 aliphatic heterocycles. The van der Waals surface area contributed by atoms with Crippen LogP contribution in [0.4, 0.5) is 5.13 Å². The number of fused-ring (bicyclic) bond motifs is 1. The number of benzene rings is 3. The molecule has 5 rings (SSSR count). The molecule has 194 valence electrons. The van der Waals surface area contributed by atoms with Crippen LogP contribution in [0.3, 0.4) is 0 Å². The maximum absolute atomic E-state index is 13.5. The molecule has 1 fully saturated rings. The number of phenols is 1. The molecule has 1 amide bonds. The fourth-order valence-electron chi connectivity index (χ4n) is 4.73. The highest BCUT2D eigenvalue weighted by molar-refractivity contribution is 7.22. The standard InChI is InChI=1S/C30H28N2O5S/c1-4-5-12-37-22-11-7-9-20(16-22)27(34)24-26(19-8-6-10-21(33)15-19)32(29(36)28(24)35)30-31-25-18(3)13-17(2)14-23(25)38-30/h6-11,13-16,26,33-34H,4-5,12H2,1-3H3. The van der Waals surface area contributed by atoms with E-state index < -0.39 is 17.7 Å². The molecule has 2 N–H and O–H groups in total. The third-order valence-corrected chi connectivity index (χ3v) is 7.53. The number of nitrogens with zero attached hydrogens (tertiary/aromatic N) is 2. The molecule has 1 unspecified atom stereocenters. The number of hydrogen-bond donors (Lipinski definition) is 2. The molecule has 1 aliphatic rings. The van der Waals surface area contributed by atoms with Gasteiger partial charge >= 0.3 is 5.91 Å². The van der Waals surface area contributed by atoms with Crippen LogP contribution >= 0.6 is 11.3 Å². The topological polar surface area (TPSA) is 100.0 Å². The lowest BCUT2D eigenvalue weighted by Gasteiger charge is -2.23. The molecule has 0 saturated carbocycles. The van der Waals surface area contributed by atoms with Crippen molar-refractivity contribution in [3.63, 3.8) is 0 Å². The number of unbranched alkanes of at least 4 members (excludes halogenated alkanes) is 1. The van der Waals surface area contributed by atoms with Crippen molar-refractivity contribution in [2.45, 2.75) is 39.7 Å². The molecular formula is C30H28N2O5S. The normalized spacial score (nSPS) is 16.9. The quantitative estimate of drug-likeness (QED) is 0.124. The van der Waals surface area contributed by atoms with E-state index in [1.165, 1.54) is 28.4 Å². The second kappa shape index (κ2) is 10.3. The van der Waals surface area contributed by atoms with E-state index >= 15 is 0 Å². The summed E-state index contributed by atoms with van der Waals surface area (Å²) in [5.74, 6) is -1.38. The van der Waals surface area contributed by atoms with E-state index in [0.717, 1.165) is 34.2 Å². The lowest BCUT2D eigenvalue weighted by molar-refractivity contribution is -0.132. The van der Waals surface area contributed by atoms with Crippen molar-refractivity contribution in [3.05, 3.63) is 88.5 Å². The van der Waals surface area contributed by atoms with E-state index in [0.29, 0.717) is 28.6 Å². The van der Waals surface area contributed by atoms with Crippen LogP contribution < -0.4 is 9.64 Å². The highest BCUT2D eigenvalue weighted by Gasteiger charge is 2.48. The summed E-state index contributed by atoms with van der Waals surface area (Å²) in [4.78, 5) is 33.0. The largest absolute Gasteiger partial charge is 0.508 e. The van der Waals surface area contributed by atoms with Gasteiger partial charge in [0.2, 0.25) is 0 Å². The number of carbonyl (C=O) groups excluding carboxylic acids is 2. The molecular weight excluding hydrogens is 500 g/mol. The Bertz CT molecular complexity index is 1590. The first-order valence-corrected chi connectivity index (χ1v) is 13.3. The summed E-state index contributed by atoms with van der Waals surface area (Å²) in [6.45, 7) is 6.55. The minimum Gasteiger partial charge on any atom is -0.508 e. The minimum absolute atomic E-state index is 0.0184. The van der Waals surface area contributed by atoms with Crippen molar-refractivity contribution < 1.29 is 24.5 Å². The molecule has 4 aromatic rings. The summed E-state index contributed by atoms with van der Waals surface area (Å²) in [6, 6.07) is 16.2. The lowest BCUT2D eigenvalue weighted by Crippen LogP contribution is -2.29. The number of Topliss-reactive ketones (excluding diaryl/α,β-unsaturated/α-hetero) is 1. The molecule has 0 spiro atoms. The van der Waals surface area contributed by atoms with Crippen LogP contribution in [0, 0.1) is 13.8 Å². The first-order chi connectivity index (χ1) is 18.3. The predicted octanol–water partition coefficient (Wildman–Crippen LogP) is 6.42. The van der Waals surface area contributed by atoms with Crippen molar-refractivity contribution in [1.82, 2.24) is 4.98 Å². The summed E-state index contributed by atoms with van der Waals surface area (Å²) in [5.41, 5.74) is 3.56. The Morgan fingerprint density at radius 1 is 1.08 bits per heavy atom. The Morgan fingerprint density at radius 3 is 2.63 bits per heavy atom. The number of aromatic nitrogens is 1. The molecule has 0 aliphatic carbocycles. The fourth-order valence-corrected chi connectivity index (χ4v) is 5.89. The van der Waals surface area contributed by atoms with Gasteiger partial charge in [0.15, 0.2) is 5.13 Å². The van der Waals surface area contributed by atoms with Gasteiger partial charge in [-0.15, -0.1) is 0 Å². The molecule has 0 bridgehead atoms. The number of aromatic hydroxyl groups is 1. The molecule has 8 heteroatoms. The molecule has 2 heterocycles. The molecule has 1 aromatic heterocycles. The average Bonchev–Trinajstić information content (AvgIpc) is 3.42. The fraction of sp³-hybridized carbons (Fsp3) is 0.233. The van der Waals surface area contributed by atoms with Gasteiger partial charge in [0.1, 0.15) is 17.3 Å². The highest BCUT2D eigenvalue weighted by Crippen LogP contribution is 2.45.